The SMILES string of the molecule is CCC1(CNC2CCNC2)CCCC1. The Balaban J connectivity index is 1.76. The Kier molecular flexibility index (Phi) is 3.45. The molecule has 1 aliphatic carbocycles. The van der Waals surface area contributed by atoms with Crippen LogP contribution in [0.4, 0.5) is 0 Å². The first kappa shape index (κ1) is 10.4. The molecule has 82 valence electrons. The van der Waals surface area contributed by atoms with Crippen LogP contribution in [-0.2, 0) is 0 Å². The Morgan fingerprint density at radius 1 is 1.36 bits per heavy atom. The maximum Gasteiger partial charge on any atom is 0.0204 e. The maximum absolute atomic E-state index is 3.75. The molecule has 1 aliphatic heterocycles. The minimum absolute atomic E-state index is 0.655. The van der Waals surface area contributed by atoms with E-state index in [-0.39, 0.29) is 0 Å². The fourth-order valence-electron chi connectivity index (χ4n) is 2.97. The van der Waals surface area contributed by atoms with E-state index < -0.39 is 0 Å². The van der Waals surface area contributed by atoms with E-state index in [1.54, 1.807) is 0 Å². The normalized spacial score (nSPS) is 31.1. The van der Waals surface area contributed by atoms with Crippen molar-refractivity contribution in [1.29, 1.82) is 0 Å². The van der Waals surface area contributed by atoms with Gasteiger partial charge in [0.1, 0.15) is 0 Å². The monoisotopic (exact) mass is 196 g/mol. The summed E-state index contributed by atoms with van der Waals surface area (Å²) in [6.45, 7) is 6.01. The predicted molar refractivity (Wildman–Crippen MR) is 60.5 cm³/mol. The molecule has 0 radical (unpaired) electrons. The van der Waals surface area contributed by atoms with Gasteiger partial charge in [-0.15, -0.1) is 0 Å². The zero-order chi connectivity index (χ0) is 9.86. The number of hydrogen-bond donors (Lipinski definition) is 2. The van der Waals surface area contributed by atoms with Gasteiger partial charge < -0.3 is 10.6 Å². The van der Waals surface area contributed by atoms with E-state index >= 15 is 0 Å². The largest absolute Gasteiger partial charge is 0.315 e. The molecule has 14 heavy (non-hydrogen) atoms. The average Bonchev–Trinajstić information content (AvgIpc) is 2.87. The van der Waals surface area contributed by atoms with Crippen LogP contribution in [0.15, 0.2) is 0 Å². The fraction of sp³-hybridized carbons (Fsp3) is 1.00. The summed E-state index contributed by atoms with van der Waals surface area (Å²) >= 11 is 0. The van der Waals surface area contributed by atoms with Crippen molar-refractivity contribution in [1.82, 2.24) is 10.6 Å². The van der Waals surface area contributed by atoms with E-state index in [4.69, 9.17) is 0 Å². The minimum Gasteiger partial charge on any atom is -0.315 e. The molecule has 0 aromatic carbocycles. The highest BCUT2D eigenvalue weighted by Gasteiger charge is 2.32. The summed E-state index contributed by atoms with van der Waals surface area (Å²) in [4.78, 5) is 0. The van der Waals surface area contributed by atoms with Crippen LogP contribution >= 0.6 is 0 Å². The van der Waals surface area contributed by atoms with Crippen molar-refractivity contribution in [2.24, 2.45) is 5.41 Å². The molecule has 1 atom stereocenters. The Morgan fingerprint density at radius 2 is 2.14 bits per heavy atom. The third-order valence-electron chi connectivity index (χ3n) is 4.24. The molecule has 2 N–H and O–H groups in total. The summed E-state index contributed by atoms with van der Waals surface area (Å²) in [6, 6.07) is 0.749. The Bertz CT molecular complexity index is 167. The molecule has 0 bridgehead atoms. The molecular weight excluding hydrogens is 172 g/mol. The maximum atomic E-state index is 3.75. The zero-order valence-corrected chi connectivity index (χ0v) is 9.44. The molecule has 0 amide bonds. The van der Waals surface area contributed by atoms with Crippen molar-refractivity contribution in [2.45, 2.75) is 51.5 Å². The van der Waals surface area contributed by atoms with E-state index in [2.05, 4.69) is 17.6 Å². The molecule has 2 aliphatic rings. The van der Waals surface area contributed by atoms with Crippen LogP contribution in [0.5, 0.6) is 0 Å². The average molecular weight is 196 g/mol. The first-order valence-electron chi connectivity index (χ1n) is 6.29. The van der Waals surface area contributed by atoms with Crippen molar-refractivity contribution in [3.63, 3.8) is 0 Å². The van der Waals surface area contributed by atoms with Crippen LogP contribution in [0.2, 0.25) is 0 Å². The lowest BCUT2D eigenvalue weighted by Crippen LogP contribution is -2.39. The number of nitrogens with one attached hydrogen (secondary N) is 2. The van der Waals surface area contributed by atoms with Crippen molar-refractivity contribution >= 4 is 0 Å². The minimum atomic E-state index is 0.655. The molecule has 1 saturated heterocycles. The highest BCUT2D eigenvalue weighted by Crippen LogP contribution is 2.40. The summed E-state index contributed by atoms with van der Waals surface area (Å²) in [5.74, 6) is 0. The predicted octanol–water partition coefficient (Wildman–Crippen LogP) is 1.91. The van der Waals surface area contributed by atoms with Gasteiger partial charge >= 0.3 is 0 Å². The highest BCUT2D eigenvalue weighted by atomic mass is 15.0. The molecule has 1 heterocycles. The third-order valence-corrected chi connectivity index (χ3v) is 4.24. The first-order valence-corrected chi connectivity index (χ1v) is 6.29. The molecule has 0 aromatic heterocycles. The summed E-state index contributed by atoms with van der Waals surface area (Å²) in [5, 5.41) is 7.17. The lowest BCUT2D eigenvalue weighted by Gasteiger charge is -2.29. The standard InChI is InChI=1S/C12H24N2/c1-2-12(6-3-4-7-12)10-14-11-5-8-13-9-11/h11,13-14H,2-10H2,1H3. The van der Waals surface area contributed by atoms with Crippen LogP contribution in [0.3, 0.4) is 0 Å². The molecule has 2 fully saturated rings. The van der Waals surface area contributed by atoms with Crippen molar-refractivity contribution < 1.29 is 0 Å². The van der Waals surface area contributed by atoms with Crippen LogP contribution < -0.4 is 10.6 Å². The van der Waals surface area contributed by atoms with Crippen LogP contribution in [-0.4, -0.2) is 25.7 Å². The second-order valence-corrected chi connectivity index (χ2v) is 5.13. The first-order chi connectivity index (χ1) is 6.85. The van der Waals surface area contributed by atoms with Crippen LogP contribution in [0.1, 0.15) is 45.4 Å². The van der Waals surface area contributed by atoms with Gasteiger partial charge in [0.05, 0.1) is 0 Å². The van der Waals surface area contributed by atoms with E-state index in [0.29, 0.717) is 5.41 Å². The van der Waals surface area contributed by atoms with Gasteiger partial charge in [0.2, 0.25) is 0 Å². The zero-order valence-electron chi connectivity index (χ0n) is 9.44. The second kappa shape index (κ2) is 4.63. The number of rotatable bonds is 4. The quantitative estimate of drug-likeness (QED) is 0.717. The Labute approximate surface area is 87.8 Å². The van der Waals surface area contributed by atoms with Crippen molar-refractivity contribution in [2.75, 3.05) is 19.6 Å². The molecule has 2 heteroatoms. The molecular formula is C12H24N2. The van der Waals surface area contributed by atoms with Crippen molar-refractivity contribution in [3.8, 4) is 0 Å². The van der Waals surface area contributed by atoms with E-state index in [9.17, 15) is 0 Å². The van der Waals surface area contributed by atoms with Gasteiger partial charge in [0.25, 0.3) is 0 Å². The smallest absolute Gasteiger partial charge is 0.0204 e. The molecule has 0 spiro atoms. The summed E-state index contributed by atoms with van der Waals surface area (Å²) in [5.41, 5.74) is 0.655. The van der Waals surface area contributed by atoms with Gasteiger partial charge in [-0.05, 0) is 37.6 Å². The molecule has 2 nitrogen and oxygen atoms in total. The van der Waals surface area contributed by atoms with Gasteiger partial charge in [-0.2, -0.15) is 0 Å². The molecule has 2 rings (SSSR count). The van der Waals surface area contributed by atoms with Crippen LogP contribution in [0, 0.1) is 5.41 Å². The molecule has 0 aromatic rings. The second-order valence-electron chi connectivity index (χ2n) is 5.13. The highest BCUT2D eigenvalue weighted by molar-refractivity contribution is 4.88. The van der Waals surface area contributed by atoms with Crippen molar-refractivity contribution in [3.05, 3.63) is 0 Å². The molecule has 1 unspecified atom stereocenters. The fourth-order valence-corrected chi connectivity index (χ4v) is 2.97. The lowest BCUT2D eigenvalue weighted by molar-refractivity contribution is 0.258. The van der Waals surface area contributed by atoms with E-state index in [1.807, 2.05) is 0 Å². The Hall–Kier alpha value is -0.0800. The lowest BCUT2D eigenvalue weighted by atomic mass is 9.83. The third kappa shape index (κ3) is 2.29. The van der Waals surface area contributed by atoms with Gasteiger partial charge in [-0.1, -0.05) is 19.8 Å². The Morgan fingerprint density at radius 3 is 2.71 bits per heavy atom. The van der Waals surface area contributed by atoms with Gasteiger partial charge in [-0.25, -0.2) is 0 Å². The summed E-state index contributed by atoms with van der Waals surface area (Å²) < 4.78 is 0. The van der Waals surface area contributed by atoms with Gasteiger partial charge in [0.15, 0.2) is 0 Å². The summed E-state index contributed by atoms with van der Waals surface area (Å²) in [7, 11) is 0. The molecule has 1 saturated carbocycles. The summed E-state index contributed by atoms with van der Waals surface area (Å²) in [6.07, 6.45) is 8.50. The van der Waals surface area contributed by atoms with Gasteiger partial charge in [-0.3, -0.25) is 0 Å². The number of hydrogen-bond acceptors (Lipinski definition) is 2. The van der Waals surface area contributed by atoms with Gasteiger partial charge in [0, 0.05) is 19.1 Å². The van der Waals surface area contributed by atoms with E-state index in [0.717, 1.165) is 6.04 Å². The van der Waals surface area contributed by atoms with E-state index in [1.165, 1.54) is 58.2 Å². The topological polar surface area (TPSA) is 24.1 Å². The van der Waals surface area contributed by atoms with Crippen LogP contribution in [0.25, 0.3) is 0 Å².